The molecule has 35 heavy (non-hydrogen) atoms. The molecule has 2 aromatic carbocycles. The summed E-state index contributed by atoms with van der Waals surface area (Å²) >= 11 is 1.16. The summed E-state index contributed by atoms with van der Waals surface area (Å²) in [4.78, 5) is 38.5. The van der Waals surface area contributed by atoms with Crippen molar-refractivity contribution in [3.63, 3.8) is 0 Å². The van der Waals surface area contributed by atoms with E-state index < -0.39 is 17.0 Å². The fourth-order valence-corrected chi connectivity index (χ4v) is 4.56. The number of carbonyl (C=O) groups excluding carboxylic acids is 1. The minimum atomic E-state index is -0.701. The van der Waals surface area contributed by atoms with Crippen LogP contribution >= 0.6 is 11.8 Å². The van der Waals surface area contributed by atoms with E-state index >= 15 is 0 Å². The zero-order valence-corrected chi connectivity index (χ0v) is 20.5. The number of nitrogens with zero attached hydrogens (tertiary/aromatic N) is 5. The summed E-state index contributed by atoms with van der Waals surface area (Å²) in [6.45, 7) is 4.15. The summed E-state index contributed by atoms with van der Waals surface area (Å²) in [6, 6.07) is 19.2. The summed E-state index contributed by atoms with van der Waals surface area (Å²) in [5, 5.41) is 9.18. The number of ketones is 1. The zero-order valence-electron chi connectivity index (χ0n) is 19.7. The maximum Gasteiger partial charge on any atom is 0.332 e. The van der Waals surface area contributed by atoms with E-state index in [4.69, 9.17) is 5.73 Å². The van der Waals surface area contributed by atoms with Gasteiger partial charge in [0.15, 0.2) is 16.8 Å². The molecule has 0 saturated carbocycles. The van der Waals surface area contributed by atoms with E-state index in [-0.39, 0.29) is 23.1 Å². The van der Waals surface area contributed by atoms with Crippen LogP contribution in [0.15, 0.2) is 75.4 Å². The highest BCUT2D eigenvalue weighted by Gasteiger charge is 2.23. The van der Waals surface area contributed by atoms with Gasteiger partial charge in [0.25, 0.3) is 5.56 Å². The number of hydrogen-bond donors (Lipinski definition) is 1. The summed E-state index contributed by atoms with van der Waals surface area (Å²) < 4.78 is 4.08. The van der Waals surface area contributed by atoms with Crippen LogP contribution in [0.4, 0.5) is 5.82 Å². The second-order valence-corrected chi connectivity index (χ2v) is 9.41. The normalized spacial score (nSPS) is 11.2. The zero-order chi connectivity index (χ0) is 25.1. The molecule has 2 N–H and O–H groups in total. The lowest BCUT2D eigenvalue weighted by Crippen LogP contribution is -2.43. The van der Waals surface area contributed by atoms with Gasteiger partial charge in [-0.25, -0.2) is 4.79 Å². The predicted molar refractivity (Wildman–Crippen MR) is 137 cm³/mol. The van der Waals surface area contributed by atoms with E-state index in [1.54, 1.807) is 0 Å². The van der Waals surface area contributed by atoms with Gasteiger partial charge < -0.3 is 5.73 Å². The molecule has 0 aliphatic heterocycles. The molecule has 0 unspecified atom stereocenters. The van der Waals surface area contributed by atoms with Crippen LogP contribution in [0.5, 0.6) is 0 Å². The molecule has 0 amide bonds. The first-order valence-corrected chi connectivity index (χ1v) is 12.1. The topological polar surface area (TPSA) is 118 Å². The van der Waals surface area contributed by atoms with Crippen molar-refractivity contribution in [3.05, 3.63) is 87.1 Å². The van der Waals surface area contributed by atoms with Gasteiger partial charge in [0.2, 0.25) is 0 Å². The fraction of sp³-hybridized carbons (Fsp3) is 0.240. The standard InChI is InChI=1S/C25H26N6O3S/c1-16(2)14-30-21(26)20(23(33)29(3)25(30)34)19(32)15-35-24-28-27-22(17-10-6-4-7-11-17)31(24)18-12-8-5-9-13-18/h4-13,16H,14-15,26H2,1-3H3. The van der Waals surface area contributed by atoms with Gasteiger partial charge in [-0.05, 0) is 18.1 Å². The Labute approximate surface area is 206 Å². The quantitative estimate of drug-likeness (QED) is 0.298. The number of Topliss-reactive ketones (excluding diaryl/α,β-unsaturated/α-hetero) is 1. The molecule has 4 rings (SSSR count). The van der Waals surface area contributed by atoms with Crippen LogP contribution in [0, 0.1) is 5.92 Å². The number of nitrogen functional groups attached to an aromatic ring is 1. The Balaban J connectivity index is 1.70. The Hall–Kier alpha value is -3.92. The number of hydrogen-bond acceptors (Lipinski definition) is 7. The van der Waals surface area contributed by atoms with Crippen molar-refractivity contribution in [2.24, 2.45) is 13.0 Å². The lowest BCUT2D eigenvalue weighted by molar-refractivity contribution is 0.102. The van der Waals surface area contributed by atoms with E-state index in [1.807, 2.05) is 79.1 Å². The highest BCUT2D eigenvalue weighted by molar-refractivity contribution is 7.99. The average molecular weight is 491 g/mol. The van der Waals surface area contributed by atoms with Gasteiger partial charge in [0.05, 0.1) is 5.75 Å². The number of aromatic nitrogens is 5. The van der Waals surface area contributed by atoms with Gasteiger partial charge in [0.1, 0.15) is 11.4 Å². The molecule has 0 radical (unpaired) electrons. The second kappa shape index (κ2) is 10.1. The van der Waals surface area contributed by atoms with Crippen LogP contribution < -0.4 is 17.0 Å². The van der Waals surface area contributed by atoms with E-state index in [2.05, 4.69) is 10.2 Å². The molecule has 0 spiro atoms. The summed E-state index contributed by atoms with van der Waals surface area (Å²) in [6.07, 6.45) is 0. The van der Waals surface area contributed by atoms with E-state index in [0.717, 1.165) is 27.6 Å². The molecular formula is C25H26N6O3S. The fourth-order valence-electron chi connectivity index (χ4n) is 3.74. The average Bonchev–Trinajstić information content (AvgIpc) is 3.29. The molecule has 0 atom stereocenters. The maximum absolute atomic E-state index is 13.2. The van der Waals surface area contributed by atoms with Gasteiger partial charge in [-0.1, -0.05) is 74.1 Å². The molecule has 0 aliphatic rings. The Kier molecular flexibility index (Phi) is 7.02. The van der Waals surface area contributed by atoms with Crippen molar-refractivity contribution < 1.29 is 4.79 Å². The van der Waals surface area contributed by atoms with Crippen molar-refractivity contribution in [1.29, 1.82) is 0 Å². The van der Waals surface area contributed by atoms with Gasteiger partial charge in [0, 0.05) is 24.8 Å². The molecule has 4 aromatic rings. The first kappa shape index (κ1) is 24.2. The van der Waals surface area contributed by atoms with Crippen molar-refractivity contribution in [2.45, 2.75) is 25.5 Å². The third kappa shape index (κ3) is 4.83. The number of thioether (sulfide) groups is 1. The molecule has 0 saturated heterocycles. The van der Waals surface area contributed by atoms with E-state index in [1.165, 1.54) is 11.6 Å². The molecule has 0 aliphatic carbocycles. The van der Waals surface area contributed by atoms with Gasteiger partial charge >= 0.3 is 5.69 Å². The van der Waals surface area contributed by atoms with Gasteiger partial charge in [-0.15, -0.1) is 10.2 Å². The summed E-state index contributed by atoms with van der Waals surface area (Å²) in [5.74, 6) is 0.0544. The number of carbonyl (C=O) groups is 1. The minimum absolute atomic E-state index is 0.0981. The molecule has 180 valence electrons. The lowest BCUT2D eigenvalue weighted by atomic mass is 10.2. The van der Waals surface area contributed by atoms with Crippen molar-refractivity contribution in [3.8, 4) is 17.1 Å². The smallest absolute Gasteiger partial charge is 0.332 e. The van der Waals surface area contributed by atoms with Crippen molar-refractivity contribution in [1.82, 2.24) is 23.9 Å². The molecule has 2 heterocycles. The Morgan fingerprint density at radius 3 is 2.26 bits per heavy atom. The largest absolute Gasteiger partial charge is 0.384 e. The molecule has 2 aromatic heterocycles. The first-order valence-electron chi connectivity index (χ1n) is 11.1. The first-order chi connectivity index (χ1) is 16.8. The molecule has 10 heteroatoms. The third-order valence-electron chi connectivity index (χ3n) is 5.42. The maximum atomic E-state index is 13.2. The van der Waals surface area contributed by atoms with Crippen LogP contribution in [0.3, 0.4) is 0 Å². The SMILES string of the molecule is CC(C)Cn1c(N)c(C(=O)CSc2nnc(-c3ccccc3)n2-c2ccccc2)c(=O)n(C)c1=O. The minimum Gasteiger partial charge on any atom is -0.384 e. The molecule has 0 fully saturated rings. The third-order valence-corrected chi connectivity index (χ3v) is 6.35. The van der Waals surface area contributed by atoms with Crippen LogP contribution in [0.2, 0.25) is 0 Å². The highest BCUT2D eigenvalue weighted by Crippen LogP contribution is 2.28. The van der Waals surface area contributed by atoms with Crippen LogP contribution in [0.25, 0.3) is 17.1 Å². The number of benzene rings is 2. The monoisotopic (exact) mass is 490 g/mol. The van der Waals surface area contributed by atoms with E-state index in [0.29, 0.717) is 17.5 Å². The predicted octanol–water partition coefficient (Wildman–Crippen LogP) is 3.01. The number of anilines is 1. The molecule has 0 bridgehead atoms. The summed E-state index contributed by atoms with van der Waals surface area (Å²) in [7, 11) is 1.35. The second-order valence-electron chi connectivity index (χ2n) is 8.47. The number of nitrogens with two attached hydrogens (primary N) is 1. The lowest BCUT2D eigenvalue weighted by Gasteiger charge is -2.16. The Morgan fingerprint density at radius 1 is 1.00 bits per heavy atom. The highest BCUT2D eigenvalue weighted by atomic mass is 32.2. The number of rotatable bonds is 8. The molecular weight excluding hydrogens is 464 g/mol. The van der Waals surface area contributed by atoms with Gasteiger partial charge in [-0.3, -0.25) is 23.3 Å². The van der Waals surface area contributed by atoms with Crippen molar-refractivity contribution >= 4 is 23.4 Å². The van der Waals surface area contributed by atoms with Gasteiger partial charge in [-0.2, -0.15) is 0 Å². The van der Waals surface area contributed by atoms with E-state index in [9.17, 15) is 14.4 Å². The van der Waals surface area contributed by atoms with Crippen LogP contribution in [-0.4, -0.2) is 35.4 Å². The Morgan fingerprint density at radius 2 is 1.63 bits per heavy atom. The van der Waals surface area contributed by atoms with Crippen molar-refractivity contribution in [2.75, 3.05) is 11.5 Å². The summed E-state index contributed by atoms with van der Waals surface area (Å²) in [5.41, 5.74) is 6.45. The number of para-hydroxylation sites is 1. The molecule has 9 nitrogen and oxygen atoms in total. The van der Waals surface area contributed by atoms with Crippen LogP contribution in [0.1, 0.15) is 24.2 Å². The van der Waals surface area contributed by atoms with Crippen LogP contribution in [-0.2, 0) is 13.6 Å². The Bertz CT molecular complexity index is 1470.